The molecule has 3 aromatic carbocycles. The van der Waals surface area contributed by atoms with Gasteiger partial charge in [0.2, 0.25) is 0 Å². The molecule has 1 N–H and O–H groups in total. The van der Waals surface area contributed by atoms with Crippen molar-refractivity contribution in [1.82, 2.24) is 14.9 Å². The van der Waals surface area contributed by atoms with Gasteiger partial charge in [0.1, 0.15) is 17.3 Å². The molecule has 0 aliphatic rings. The Bertz CT molecular complexity index is 1360. The number of aromatic nitrogens is 2. The first-order valence-corrected chi connectivity index (χ1v) is 13.6. The number of hydrogen-bond donors (Lipinski definition) is 1. The van der Waals surface area contributed by atoms with E-state index in [0.717, 1.165) is 42.0 Å². The average molecular weight is 534 g/mol. The molecular weight excluding hydrogens is 498 g/mol. The van der Waals surface area contributed by atoms with Gasteiger partial charge in [0, 0.05) is 11.6 Å². The number of rotatable bonds is 12. The summed E-state index contributed by atoms with van der Waals surface area (Å²) in [5.41, 5.74) is 4.41. The first-order chi connectivity index (χ1) is 18.3. The molecule has 0 saturated heterocycles. The van der Waals surface area contributed by atoms with Gasteiger partial charge in [-0.1, -0.05) is 49.7 Å². The molecule has 1 unspecified atom stereocenters. The number of unbranched alkanes of at least 4 members (excludes halogenated alkanes) is 1. The van der Waals surface area contributed by atoms with Gasteiger partial charge in [-0.3, -0.25) is 4.79 Å². The minimum absolute atomic E-state index is 0.0825. The van der Waals surface area contributed by atoms with E-state index in [9.17, 15) is 4.79 Å². The Balaban J connectivity index is 1.36. The van der Waals surface area contributed by atoms with E-state index in [2.05, 4.69) is 54.9 Å². The third kappa shape index (κ3) is 7.07. The molecule has 0 radical (unpaired) electrons. The molecule has 0 saturated carbocycles. The fourth-order valence-electron chi connectivity index (χ4n) is 4.48. The van der Waals surface area contributed by atoms with Gasteiger partial charge in [-0.2, -0.15) is 0 Å². The van der Waals surface area contributed by atoms with E-state index in [-0.39, 0.29) is 18.6 Å². The summed E-state index contributed by atoms with van der Waals surface area (Å²) >= 11 is 5.91. The van der Waals surface area contributed by atoms with E-state index in [0.29, 0.717) is 23.3 Å². The quantitative estimate of drug-likeness (QED) is 0.195. The summed E-state index contributed by atoms with van der Waals surface area (Å²) in [7, 11) is 0. The lowest BCUT2D eigenvalue weighted by Crippen LogP contribution is -2.32. The lowest BCUT2D eigenvalue weighted by Gasteiger charge is -2.17. The molecule has 200 valence electrons. The molecule has 1 aromatic heterocycles. The number of carbonyl (C=O) groups excluding carboxylic acids is 1. The maximum absolute atomic E-state index is 12.6. The van der Waals surface area contributed by atoms with Crippen molar-refractivity contribution in [1.29, 1.82) is 0 Å². The van der Waals surface area contributed by atoms with Gasteiger partial charge >= 0.3 is 0 Å². The molecule has 1 atom stereocenters. The SMILES string of the molecule is Cc1ccc(C(C)C)c(OCCCCn2c(C(C)NC(=O)COc3ccc(Cl)cc3)nc3ccccc32)c1. The molecule has 4 aromatic rings. The molecule has 38 heavy (non-hydrogen) atoms. The number of hydrogen-bond acceptors (Lipinski definition) is 4. The Labute approximate surface area is 229 Å². The minimum atomic E-state index is -0.277. The number of aryl methyl sites for hydroxylation is 2. The lowest BCUT2D eigenvalue weighted by molar-refractivity contribution is -0.123. The Morgan fingerprint density at radius 2 is 1.76 bits per heavy atom. The van der Waals surface area contributed by atoms with Crippen LogP contribution in [-0.2, 0) is 11.3 Å². The second-order valence-corrected chi connectivity index (χ2v) is 10.3. The van der Waals surface area contributed by atoms with Gasteiger partial charge < -0.3 is 19.4 Å². The topological polar surface area (TPSA) is 65.4 Å². The zero-order chi connectivity index (χ0) is 27.1. The lowest BCUT2D eigenvalue weighted by atomic mass is 10.0. The van der Waals surface area contributed by atoms with Gasteiger partial charge in [0.05, 0.1) is 23.7 Å². The fraction of sp³-hybridized carbons (Fsp3) is 0.355. The molecule has 4 rings (SSSR count). The van der Waals surface area contributed by atoms with Crippen molar-refractivity contribution in [2.75, 3.05) is 13.2 Å². The van der Waals surface area contributed by atoms with E-state index < -0.39 is 0 Å². The van der Waals surface area contributed by atoms with Crippen molar-refractivity contribution in [3.63, 3.8) is 0 Å². The van der Waals surface area contributed by atoms with E-state index in [1.165, 1.54) is 11.1 Å². The van der Waals surface area contributed by atoms with Crippen LogP contribution in [0.5, 0.6) is 11.5 Å². The van der Waals surface area contributed by atoms with Crippen LogP contribution in [0.1, 0.15) is 62.5 Å². The van der Waals surface area contributed by atoms with Crippen LogP contribution in [0.2, 0.25) is 5.02 Å². The highest BCUT2D eigenvalue weighted by molar-refractivity contribution is 6.30. The number of nitrogens with zero attached hydrogens (tertiary/aromatic N) is 2. The number of carbonyl (C=O) groups is 1. The predicted octanol–water partition coefficient (Wildman–Crippen LogP) is 7.24. The summed E-state index contributed by atoms with van der Waals surface area (Å²) in [6.07, 6.45) is 1.84. The van der Waals surface area contributed by atoms with E-state index in [1.807, 2.05) is 25.1 Å². The highest BCUT2D eigenvalue weighted by atomic mass is 35.5. The largest absolute Gasteiger partial charge is 0.493 e. The number of nitrogens with one attached hydrogen (secondary N) is 1. The van der Waals surface area contributed by atoms with Crippen LogP contribution < -0.4 is 14.8 Å². The van der Waals surface area contributed by atoms with Crippen molar-refractivity contribution in [2.24, 2.45) is 0 Å². The Kier molecular flexibility index (Phi) is 9.29. The third-order valence-corrected chi connectivity index (χ3v) is 6.71. The van der Waals surface area contributed by atoms with Gasteiger partial charge in [-0.05, 0) is 86.2 Å². The fourth-order valence-corrected chi connectivity index (χ4v) is 4.61. The molecule has 0 spiro atoms. The summed E-state index contributed by atoms with van der Waals surface area (Å²) in [4.78, 5) is 17.5. The minimum Gasteiger partial charge on any atom is -0.493 e. The van der Waals surface area contributed by atoms with Crippen LogP contribution >= 0.6 is 11.6 Å². The molecule has 6 nitrogen and oxygen atoms in total. The van der Waals surface area contributed by atoms with Crippen molar-refractivity contribution in [3.8, 4) is 11.5 Å². The van der Waals surface area contributed by atoms with Gasteiger partial charge in [-0.25, -0.2) is 4.98 Å². The summed E-state index contributed by atoms with van der Waals surface area (Å²) in [6.45, 7) is 9.77. The molecule has 1 heterocycles. The van der Waals surface area contributed by atoms with Gasteiger partial charge in [-0.15, -0.1) is 0 Å². The number of ether oxygens (including phenoxy) is 2. The van der Waals surface area contributed by atoms with E-state index in [1.54, 1.807) is 24.3 Å². The summed E-state index contributed by atoms with van der Waals surface area (Å²) < 4.78 is 14.0. The van der Waals surface area contributed by atoms with Crippen LogP contribution in [0.25, 0.3) is 11.0 Å². The predicted molar refractivity (Wildman–Crippen MR) is 153 cm³/mol. The van der Waals surface area contributed by atoms with Crippen molar-refractivity contribution >= 4 is 28.5 Å². The maximum Gasteiger partial charge on any atom is 0.258 e. The normalized spacial score (nSPS) is 12.1. The molecule has 0 fully saturated rings. The molecular formula is C31H36ClN3O3. The maximum atomic E-state index is 12.6. The molecule has 0 aliphatic heterocycles. The summed E-state index contributed by atoms with van der Waals surface area (Å²) in [6, 6.07) is 21.2. The van der Waals surface area contributed by atoms with E-state index in [4.69, 9.17) is 26.1 Å². The molecule has 0 bridgehead atoms. The zero-order valence-corrected chi connectivity index (χ0v) is 23.3. The Morgan fingerprint density at radius 3 is 2.53 bits per heavy atom. The first-order valence-electron chi connectivity index (χ1n) is 13.2. The van der Waals surface area contributed by atoms with Crippen LogP contribution in [0, 0.1) is 6.92 Å². The first kappa shape index (κ1) is 27.5. The number of imidazole rings is 1. The number of benzene rings is 3. The van der Waals surface area contributed by atoms with Crippen molar-refractivity contribution in [2.45, 2.75) is 59.0 Å². The molecule has 1 amide bonds. The molecule has 7 heteroatoms. The number of halogens is 1. The third-order valence-electron chi connectivity index (χ3n) is 6.46. The average Bonchev–Trinajstić information content (AvgIpc) is 3.27. The number of para-hydroxylation sites is 2. The van der Waals surface area contributed by atoms with Crippen LogP contribution in [0.3, 0.4) is 0 Å². The Morgan fingerprint density at radius 1 is 1.00 bits per heavy atom. The summed E-state index contributed by atoms with van der Waals surface area (Å²) in [5, 5.41) is 3.65. The monoisotopic (exact) mass is 533 g/mol. The highest BCUT2D eigenvalue weighted by Crippen LogP contribution is 2.28. The second kappa shape index (κ2) is 12.8. The number of amides is 1. The Hall–Kier alpha value is -3.51. The van der Waals surface area contributed by atoms with Crippen molar-refractivity contribution in [3.05, 3.63) is 88.7 Å². The van der Waals surface area contributed by atoms with Gasteiger partial charge in [0.15, 0.2) is 6.61 Å². The standard InChI is InChI=1S/C31H36ClN3O3/c1-21(2)26-16-11-22(3)19-29(26)37-18-8-7-17-35-28-10-6-5-9-27(28)34-31(35)23(4)33-30(36)20-38-25-14-12-24(32)13-15-25/h5-6,9-16,19,21,23H,7-8,17-18,20H2,1-4H3,(H,33,36). The van der Waals surface area contributed by atoms with Gasteiger partial charge in [0.25, 0.3) is 5.91 Å². The van der Waals surface area contributed by atoms with Crippen LogP contribution in [0.15, 0.2) is 66.7 Å². The second-order valence-electron chi connectivity index (χ2n) is 9.89. The van der Waals surface area contributed by atoms with Crippen LogP contribution in [-0.4, -0.2) is 28.7 Å². The highest BCUT2D eigenvalue weighted by Gasteiger charge is 2.18. The summed E-state index contributed by atoms with van der Waals surface area (Å²) in [5.74, 6) is 2.61. The van der Waals surface area contributed by atoms with Crippen LogP contribution in [0.4, 0.5) is 0 Å². The van der Waals surface area contributed by atoms with Crippen molar-refractivity contribution < 1.29 is 14.3 Å². The number of fused-ring (bicyclic) bond motifs is 1. The zero-order valence-electron chi connectivity index (χ0n) is 22.5. The van der Waals surface area contributed by atoms with E-state index >= 15 is 0 Å². The molecule has 0 aliphatic carbocycles. The smallest absolute Gasteiger partial charge is 0.258 e.